The third kappa shape index (κ3) is 2.75. The summed E-state index contributed by atoms with van der Waals surface area (Å²) in [5, 5.41) is 2.81. The molecule has 0 saturated carbocycles. The van der Waals surface area contributed by atoms with E-state index in [0.29, 0.717) is 14.9 Å². The molecule has 0 aliphatic heterocycles. The lowest BCUT2D eigenvalue weighted by molar-refractivity contribution is -0.121. The Bertz CT molecular complexity index is 434. The monoisotopic (exact) mass is 337 g/mol. The van der Waals surface area contributed by atoms with Crippen molar-refractivity contribution in [2.75, 3.05) is 11.1 Å². The molecule has 0 aliphatic rings. The molecule has 1 aromatic carbocycles. The number of amides is 1. The minimum atomic E-state index is -0.979. The van der Waals surface area contributed by atoms with Crippen molar-refractivity contribution < 1.29 is 9.18 Å². The first-order valence-electron chi connectivity index (χ1n) is 4.56. The molecule has 0 heterocycles. The van der Waals surface area contributed by atoms with Crippen LogP contribution in [0.4, 0.5) is 15.8 Å². The number of hydrogen-bond donors (Lipinski definition) is 3. The van der Waals surface area contributed by atoms with Gasteiger partial charge in [-0.1, -0.05) is 0 Å². The minimum Gasteiger partial charge on any atom is -0.397 e. The number of hydrogen-bond acceptors (Lipinski definition) is 3. The van der Waals surface area contributed by atoms with Crippen molar-refractivity contribution in [3.8, 4) is 0 Å². The van der Waals surface area contributed by atoms with Crippen molar-refractivity contribution in [2.24, 2.45) is 5.73 Å². The number of carbonyl (C=O) groups excluding carboxylic acids is 1. The highest BCUT2D eigenvalue weighted by Gasteiger charge is 2.25. The van der Waals surface area contributed by atoms with Gasteiger partial charge in [0, 0.05) is 6.07 Å². The van der Waals surface area contributed by atoms with E-state index in [4.69, 9.17) is 11.5 Å². The second-order valence-electron chi connectivity index (χ2n) is 3.97. The lowest BCUT2D eigenvalue weighted by Crippen LogP contribution is -2.45. The van der Waals surface area contributed by atoms with Crippen molar-refractivity contribution in [1.82, 2.24) is 0 Å². The molecule has 0 saturated heterocycles. The second kappa shape index (κ2) is 4.44. The largest absolute Gasteiger partial charge is 0.397 e. The number of halogens is 2. The minimum absolute atomic E-state index is 0.363. The predicted molar refractivity (Wildman–Crippen MR) is 70.4 cm³/mol. The summed E-state index contributed by atoms with van der Waals surface area (Å²) < 4.78 is 13.7. The van der Waals surface area contributed by atoms with Gasteiger partial charge in [0.1, 0.15) is 11.4 Å². The van der Waals surface area contributed by atoms with Crippen LogP contribution in [0.3, 0.4) is 0 Å². The highest BCUT2D eigenvalue weighted by atomic mass is 127. The summed E-state index contributed by atoms with van der Waals surface area (Å²) in [7, 11) is 0. The Labute approximate surface area is 107 Å². The number of primary amides is 1. The first-order chi connectivity index (χ1) is 7.24. The fourth-order valence-corrected chi connectivity index (χ4v) is 1.56. The Hall–Kier alpha value is -1.05. The van der Waals surface area contributed by atoms with E-state index >= 15 is 0 Å². The lowest BCUT2D eigenvalue weighted by Gasteiger charge is -2.24. The summed E-state index contributed by atoms with van der Waals surface area (Å²) in [6, 6.07) is 2.75. The van der Waals surface area contributed by atoms with Gasteiger partial charge in [-0.3, -0.25) is 4.79 Å². The molecular weight excluding hydrogens is 324 g/mol. The number of benzene rings is 1. The molecule has 0 unspecified atom stereocenters. The maximum Gasteiger partial charge on any atom is 0.242 e. The van der Waals surface area contributed by atoms with Gasteiger partial charge in [0.05, 0.1) is 14.9 Å². The molecule has 1 rings (SSSR count). The van der Waals surface area contributed by atoms with Crippen LogP contribution >= 0.6 is 22.6 Å². The smallest absolute Gasteiger partial charge is 0.242 e. The predicted octanol–water partition coefficient (Wildman–Crippen LogP) is 1.69. The zero-order chi connectivity index (χ0) is 12.5. The van der Waals surface area contributed by atoms with Crippen LogP contribution in [-0.4, -0.2) is 11.4 Å². The zero-order valence-electron chi connectivity index (χ0n) is 8.97. The van der Waals surface area contributed by atoms with E-state index in [2.05, 4.69) is 5.32 Å². The molecule has 0 atom stereocenters. The van der Waals surface area contributed by atoms with Gasteiger partial charge in [0.15, 0.2) is 0 Å². The molecule has 5 N–H and O–H groups in total. The zero-order valence-corrected chi connectivity index (χ0v) is 11.1. The molecule has 88 valence electrons. The summed E-state index contributed by atoms with van der Waals surface area (Å²) in [5.41, 5.74) is 10.7. The number of rotatable bonds is 3. The maximum atomic E-state index is 13.3. The van der Waals surface area contributed by atoms with E-state index in [1.807, 2.05) is 22.6 Å². The molecule has 0 bridgehead atoms. The SMILES string of the molecule is CC(C)(Nc1cc(F)c(I)cc1N)C(N)=O. The first-order valence-corrected chi connectivity index (χ1v) is 5.64. The van der Waals surface area contributed by atoms with Crippen molar-refractivity contribution in [1.29, 1.82) is 0 Å². The molecule has 0 spiro atoms. The van der Waals surface area contributed by atoms with Crippen molar-refractivity contribution in [3.05, 3.63) is 21.5 Å². The Kier molecular flexibility index (Phi) is 3.61. The van der Waals surface area contributed by atoms with Gasteiger partial charge in [0.25, 0.3) is 0 Å². The number of nitrogens with two attached hydrogens (primary N) is 2. The average molecular weight is 337 g/mol. The highest BCUT2D eigenvalue weighted by Crippen LogP contribution is 2.26. The van der Waals surface area contributed by atoms with E-state index < -0.39 is 17.3 Å². The van der Waals surface area contributed by atoms with Crippen molar-refractivity contribution >= 4 is 39.9 Å². The molecule has 1 amide bonds. The molecule has 0 aromatic heterocycles. The summed E-state index contributed by atoms with van der Waals surface area (Å²) in [6.07, 6.45) is 0. The summed E-state index contributed by atoms with van der Waals surface area (Å²) in [4.78, 5) is 11.1. The quantitative estimate of drug-likeness (QED) is 0.580. The third-order valence-corrected chi connectivity index (χ3v) is 2.98. The topological polar surface area (TPSA) is 81.1 Å². The van der Waals surface area contributed by atoms with E-state index in [1.54, 1.807) is 13.8 Å². The van der Waals surface area contributed by atoms with E-state index in [-0.39, 0.29) is 0 Å². The number of carbonyl (C=O) groups is 1. The maximum absolute atomic E-state index is 13.3. The third-order valence-electron chi connectivity index (χ3n) is 2.16. The van der Waals surface area contributed by atoms with Crippen LogP contribution in [0.15, 0.2) is 12.1 Å². The van der Waals surface area contributed by atoms with Gasteiger partial charge in [-0.25, -0.2) is 4.39 Å². The molecule has 0 aliphatic carbocycles. The fraction of sp³-hybridized carbons (Fsp3) is 0.300. The Balaban J connectivity index is 3.07. The van der Waals surface area contributed by atoms with E-state index in [9.17, 15) is 9.18 Å². The van der Waals surface area contributed by atoms with Gasteiger partial charge in [-0.15, -0.1) is 0 Å². The molecule has 4 nitrogen and oxygen atoms in total. The molecule has 16 heavy (non-hydrogen) atoms. The van der Waals surface area contributed by atoms with Gasteiger partial charge in [-0.2, -0.15) is 0 Å². The Morgan fingerprint density at radius 3 is 2.56 bits per heavy atom. The van der Waals surface area contributed by atoms with Crippen LogP contribution in [0.2, 0.25) is 0 Å². The first kappa shape index (κ1) is 13.0. The summed E-state index contributed by atoms with van der Waals surface area (Å²) in [5.74, 6) is -0.927. The van der Waals surface area contributed by atoms with Crippen LogP contribution in [-0.2, 0) is 4.79 Å². The molecule has 0 fully saturated rings. The van der Waals surface area contributed by atoms with Gasteiger partial charge in [-0.05, 0) is 42.5 Å². The van der Waals surface area contributed by atoms with Crippen molar-refractivity contribution in [3.63, 3.8) is 0 Å². The van der Waals surface area contributed by atoms with Gasteiger partial charge in [0.2, 0.25) is 5.91 Å². The van der Waals surface area contributed by atoms with Crippen LogP contribution in [0.1, 0.15) is 13.8 Å². The van der Waals surface area contributed by atoms with Crippen LogP contribution in [0.5, 0.6) is 0 Å². The number of nitrogen functional groups attached to an aromatic ring is 1. The molecule has 6 heteroatoms. The van der Waals surface area contributed by atoms with E-state index in [0.717, 1.165) is 0 Å². The average Bonchev–Trinajstić information content (AvgIpc) is 2.13. The summed E-state index contributed by atoms with van der Waals surface area (Å²) >= 11 is 1.84. The standard InChI is InChI=1S/C10H13FIN3O/c1-10(2,9(14)16)15-8-3-5(11)6(12)4-7(8)13/h3-4,15H,13H2,1-2H3,(H2,14,16). The Morgan fingerprint density at radius 2 is 2.06 bits per heavy atom. The van der Waals surface area contributed by atoms with E-state index in [1.165, 1.54) is 12.1 Å². The second-order valence-corrected chi connectivity index (χ2v) is 5.13. The number of nitrogens with one attached hydrogen (secondary N) is 1. The van der Waals surface area contributed by atoms with Crippen LogP contribution in [0.25, 0.3) is 0 Å². The van der Waals surface area contributed by atoms with Crippen LogP contribution < -0.4 is 16.8 Å². The Morgan fingerprint density at radius 1 is 1.50 bits per heavy atom. The summed E-state index contributed by atoms with van der Waals surface area (Å²) in [6.45, 7) is 3.20. The molecule has 1 aromatic rings. The molecular formula is C10H13FIN3O. The van der Waals surface area contributed by atoms with Gasteiger partial charge >= 0.3 is 0 Å². The normalized spacial score (nSPS) is 11.2. The fourth-order valence-electron chi connectivity index (χ4n) is 1.07. The highest BCUT2D eigenvalue weighted by molar-refractivity contribution is 14.1. The lowest BCUT2D eigenvalue weighted by atomic mass is 10.0. The van der Waals surface area contributed by atoms with Crippen molar-refractivity contribution in [2.45, 2.75) is 19.4 Å². The van der Waals surface area contributed by atoms with Crippen LogP contribution in [0, 0.1) is 9.39 Å². The van der Waals surface area contributed by atoms with Gasteiger partial charge < -0.3 is 16.8 Å². The number of anilines is 2. The molecule has 0 radical (unpaired) electrons.